The summed E-state index contributed by atoms with van der Waals surface area (Å²) in [6.07, 6.45) is 10.2. The van der Waals surface area contributed by atoms with Crippen LogP contribution in [0.4, 0.5) is 0 Å². The summed E-state index contributed by atoms with van der Waals surface area (Å²) in [4.78, 5) is 27.5. The summed E-state index contributed by atoms with van der Waals surface area (Å²) in [6.45, 7) is 13.9. The third-order valence-corrected chi connectivity index (χ3v) is 7.61. The Balaban J connectivity index is 1.66. The lowest BCUT2D eigenvalue weighted by atomic mass is 10.1. The normalized spacial score (nSPS) is 14.4. The van der Waals surface area contributed by atoms with E-state index < -0.39 is 0 Å². The molecule has 0 unspecified atom stereocenters. The number of likely N-dealkylation sites (tertiary alicyclic amines) is 1. The molecule has 1 aliphatic heterocycles. The number of nitrogens with zero attached hydrogens (tertiary/aromatic N) is 5. The van der Waals surface area contributed by atoms with Crippen molar-refractivity contribution >= 4 is 23.2 Å². The Bertz CT molecular complexity index is 1170. The van der Waals surface area contributed by atoms with E-state index in [4.69, 9.17) is 16.6 Å². The number of aryl methyl sites for hydroxylation is 1. The fourth-order valence-electron chi connectivity index (χ4n) is 5.04. The predicted molar refractivity (Wildman–Crippen MR) is 152 cm³/mol. The first-order valence-corrected chi connectivity index (χ1v) is 14.3. The first-order valence-electron chi connectivity index (χ1n) is 14.0. The van der Waals surface area contributed by atoms with Crippen LogP contribution in [0.3, 0.4) is 0 Å². The van der Waals surface area contributed by atoms with Gasteiger partial charge in [0.15, 0.2) is 0 Å². The molecular weight excluding hydrogens is 482 g/mol. The molecule has 0 atom stereocenters. The van der Waals surface area contributed by atoms with Crippen LogP contribution < -0.4 is 0 Å². The van der Waals surface area contributed by atoms with Crippen molar-refractivity contribution in [3.63, 3.8) is 0 Å². The molecule has 4 heterocycles. The number of carbonyl (C=O) groups is 1. The van der Waals surface area contributed by atoms with Gasteiger partial charge in [-0.05, 0) is 94.3 Å². The van der Waals surface area contributed by atoms with E-state index in [-0.39, 0.29) is 5.91 Å². The molecule has 1 aliphatic rings. The highest BCUT2D eigenvalue weighted by Crippen LogP contribution is 2.30. The molecule has 0 aliphatic carbocycles. The lowest BCUT2D eigenvalue weighted by molar-refractivity contribution is 0.0740. The Morgan fingerprint density at radius 3 is 2.41 bits per heavy atom. The van der Waals surface area contributed by atoms with E-state index in [1.807, 2.05) is 35.4 Å². The maximum Gasteiger partial charge on any atom is 0.255 e. The van der Waals surface area contributed by atoms with E-state index in [0.717, 1.165) is 67.9 Å². The average Bonchev–Trinajstić information content (AvgIpc) is 3.51. The van der Waals surface area contributed by atoms with Gasteiger partial charge in [0.1, 0.15) is 10.8 Å². The van der Waals surface area contributed by atoms with Crippen molar-refractivity contribution in [1.29, 1.82) is 0 Å². The number of hydrogen-bond acceptors (Lipinski definition) is 4. The highest BCUT2D eigenvalue weighted by Gasteiger charge is 2.21. The molecule has 3 aromatic heterocycles. The third-order valence-electron chi connectivity index (χ3n) is 7.31. The second-order valence-electron chi connectivity index (χ2n) is 11.2. The van der Waals surface area contributed by atoms with E-state index in [2.05, 4.69) is 42.0 Å². The van der Waals surface area contributed by atoms with Crippen molar-refractivity contribution in [3.8, 4) is 11.3 Å². The zero-order valence-corrected chi connectivity index (χ0v) is 23.7. The summed E-state index contributed by atoms with van der Waals surface area (Å²) in [5.41, 5.74) is 4.34. The molecule has 0 radical (unpaired) electrons. The first kappa shape index (κ1) is 27.6. The minimum atomic E-state index is 0.0980. The molecule has 37 heavy (non-hydrogen) atoms. The van der Waals surface area contributed by atoms with Gasteiger partial charge < -0.3 is 14.2 Å². The van der Waals surface area contributed by atoms with E-state index >= 15 is 0 Å². The van der Waals surface area contributed by atoms with Crippen LogP contribution in [0.5, 0.6) is 0 Å². The Hall–Kier alpha value is -2.44. The molecule has 3 aromatic rings. The minimum Gasteiger partial charge on any atom is -0.339 e. The number of fused-ring (bicyclic) bond motifs is 1. The predicted octanol–water partition coefficient (Wildman–Crippen LogP) is 6.61. The Kier molecular flexibility index (Phi) is 9.60. The maximum absolute atomic E-state index is 13.7. The SMILES string of the molecule is CC(C)CCN(CCC(C)C)C(=O)c1ccc2nc(-c3cccnc3Cl)c(CCCN3CCCC3)n2c1. The fraction of sp³-hybridized carbons (Fsp3) is 0.567. The molecule has 0 spiro atoms. The van der Waals surface area contributed by atoms with Crippen LogP contribution in [0.2, 0.25) is 5.15 Å². The van der Waals surface area contributed by atoms with Crippen molar-refractivity contribution in [2.45, 2.75) is 66.2 Å². The van der Waals surface area contributed by atoms with E-state index in [1.165, 1.54) is 25.9 Å². The second kappa shape index (κ2) is 12.9. The lowest BCUT2D eigenvalue weighted by Crippen LogP contribution is -2.34. The zero-order chi connectivity index (χ0) is 26.4. The van der Waals surface area contributed by atoms with Crippen LogP contribution in [0.25, 0.3) is 16.9 Å². The van der Waals surface area contributed by atoms with Gasteiger partial charge in [0, 0.05) is 31.0 Å². The van der Waals surface area contributed by atoms with Crippen molar-refractivity contribution in [2.24, 2.45) is 11.8 Å². The number of amides is 1. The summed E-state index contributed by atoms with van der Waals surface area (Å²) in [6, 6.07) is 7.77. The molecule has 0 saturated carbocycles. The maximum atomic E-state index is 13.7. The van der Waals surface area contributed by atoms with Crippen LogP contribution in [-0.2, 0) is 6.42 Å². The number of hydrogen-bond donors (Lipinski definition) is 0. The van der Waals surface area contributed by atoms with Gasteiger partial charge in [-0.15, -0.1) is 0 Å². The van der Waals surface area contributed by atoms with Gasteiger partial charge in [0.05, 0.1) is 17.0 Å². The van der Waals surface area contributed by atoms with Crippen molar-refractivity contribution in [1.82, 2.24) is 24.2 Å². The lowest BCUT2D eigenvalue weighted by Gasteiger charge is -2.24. The van der Waals surface area contributed by atoms with E-state index in [9.17, 15) is 4.79 Å². The highest BCUT2D eigenvalue weighted by molar-refractivity contribution is 6.32. The molecule has 200 valence electrons. The summed E-state index contributed by atoms with van der Waals surface area (Å²) < 4.78 is 2.11. The molecule has 6 nitrogen and oxygen atoms in total. The molecule has 1 amide bonds. The van der Waals surface area contributed by atoms with Crippen molar-refractivity contribution in [3.05, 3.63) is 53.1 Å². The molecule has 1 saturated heterocycles. The van der Waals surface area contributed by atoms with Gasteiger partial charge in [0.2, 0.25) is 0 Å². The van der Waals surface area contributed by atoms with Crippen LogP contribution >= 0.6 is 11.6 Å². The van der Waals surface area contributed by atoms with Gasteiger partial charge in [-0.3, -0.25) is 4.79 Å². The largest absolute Gasteiger partial charge is 0.339 e. The topological polar surface area (TPSA) is 53.7 Å². The zero-order valence-electron chi connectivity index (χ0n) is 22.9. The van der Waals surface area contributed by atoms with Crippen molar-refractivity contribution in [2.75, 3.05) is 32.7 Å². The molecular formula is C30H42ClN5O. The minimum absolute atomic E-state index is 0.0980. The number of imidazole rings is 1. The Labute approximate surface area is 227 Å². The van der Waals surface area contributed by atoms with Crippen LogP contribution in [-0.4, -0.2) is 62.8 Å². The Morgan fingerprint density at radius 1 is 1.05 bits per heavy atom. The molecule has 7 heteroatoms. The Morgan fingerprint density at radius 2 is 1.76 bits per heavy atom. The fourth-order valence-corrected chi connectivity index (χ4v) is 5.25. The van der Waals surface area contributed by atoms with Gasteiger partial charge in [0.25, 0.3) is 5.91 Å². The molecule has 4 rings (SSSR count). The third kappa shape index (κ3) is 7.11. The van der Waals surface area contributed by atoms with Gasteiger partial charge >= 0.3 is 0 Å². The van der Waals surface area contributed by atoms with Crippen LogP contribution in [0.15, 0.2) is 36.7 Å². The first-order chi connectivity index (χ1) is 17.8. The average molecular weight is 524 g/mol. The smallest absolute Gasteiger partial charge is 0.255 e. The van der Waals surface area contributed by atoms with Gasteiger partial charge in [-0.1, -0.05) is 39.3 Å². The van der Waals surface area contributed by atoms with E-state index in [0.29, 0.717) is 22.6 Å². The number of aromatic nitrogens is 3. The molecule has 0 aromatic carbocycles. The second-order valence-corrected chi connectivity index (χ2v) is 11.6. The summed E-state index contributed by atoms with van der Waals surface area (Å²) in [7, 11) is 0. The van der Waals surface area contributed by atoms with Crippen LogP contribution in [0.1, 0.15) is 75.9 Å². The molecule has 1 fully saturated rings. The van der Waals surface area contributed by atoms with E-state index in [1.54, 1.807) is 6.20 Å². The monoisotopic (exact) mass is 523 g/mol. The summed E-state index contributed by atoms with van der Waals surface area (Å²) in [5, 5.41) is 0.455. The number of rotatable bonds is 12. The summed E-state index contributed by atoms with van der Waals surface area (Å²) in [5.74, 6) is 1.21. The number of carbonyl (C=O) groups excluding carboxylic acids is 1. The van der Waals surface area contributed by atoms with Crippen molar-refractivity contribution < 1.29 is 4.79 Å². The number of halogens is 1. The molecule has 0 N–H and O–H groups in total. The van der Waals surface area contributed by atoms with Gasteiger partial charge in [-0.2, -0.15) is 0 Å². The molecule has 0 bridgehead atoms. The van der Waals surface area contributed by atoms with Gasteiger partial charge in [-0.25, -0.2) is 9.97 Å². The summed E-state index contributed by atoms with van der Waals surface area (Å²) >= 11 is 6.51. The quantitative estimate of drug-likeness (QED) is 0.250. The highest BCUT2D eigenvalue weighted by atomic mass is 35.5. The standard InChI is InChI=1S/C30H42ClN5O/c1-22(2)13-19-35(20-14-23(3)4)30(37)24-11-12-27-33-28(25-9-7-15-32-29(25)31)26(36(27)21-24)10-8-18-34-16-5-6-17-34/h7,9,11-12,15,21-23H,5-6,8,10,13-14,16-20H2,1-4H3. The number of pyridine rings is 2. The van der Waals surface area contributed by atoms with Crippen LogP contribution in [0, 0.1) is 11.8 Å².